The summed E-state index contributed by atoms with van der Waals surface area (Å²) in [5.74, 6) is 0.980. The number of hydrogen-bond acceptors (Lipinski definition) is 1. The van der Waals surface area contributed by atoms with Crippen molar-refractivity contribution in [3.8, 4) is 0 Å². The van der Waals surface area contributed by atoms with Gasteiger partial charge in [-0.15, -0.1) is 0 Å². The van der Waals surface area contributed by atoms with Crippen molar-refractivity contribution < 1.29 is 0 Å². The van der Waals surface area contributed by atoms with Crippen LogP contribution in [0.2, 0.25) is 0 Å². The molecule has 0 aromatic heterocycles. The maximum Gasteiger partial charge on any atom is 0.0208 e. The zero-order valence-corrected chi connectivity index (χ0v) is 12.4. The molecule has 0 saturated heterocycles. The average molecular weight is 267 g/mol. The van der Waals surface area contributed by atoms with Gasteiger partial charge in [0.15, 0.2) is 0 Å². The predicted molar refractivity (Wildman–Crippen MR) is 86.8 cm³/mol. The molecule has 1 nitrogen and oxygen atoms in total. The lowest BCUT2D eigenvalue weighted by molar-refractivity contribution is 0.285. The normalized spacial score (nSPS) is 23.1. The molecule has 106 valence electrons. The summed E-state index contributed by atoms with van der Waals surface area (Å²) in [4.78, 5) is 0. The van der Waals surface area contributed by atoms with Gasteiger partial charge in [0.1, 0.15) is 0 Å². The summed E-state index contributed by atoms with van der Waals surface area (Å²) in [6, 6.07) is 16.1. The Bertz CT molecular complexity index is 552. The summed E-state index contributed by atoms with van der Waals surface area (Å²) in [5.41, 5.74) is 1.40. The monoisotopic (exact) mass is 267 g/mol. The lowest BCUT2D eigenvalue weighted by atomic mass is 9.84. The van der Waals surface area contributed by atoms with Gasteiger partial charge < -0.3 is 5.32 Å². The summed E-state index contributed by atoms with van der Waals surface area (Å²) in [6.07, 6.45) is 6.88. The van der Waals surface area contributed by atoms with Gasteiger partial charge >= 0.3 is 0 Å². The molecule has 1 saturated carbocycles. The highest BCUT2D eigenvalue weighted by atomic mass is 14.9. The van der Waals surface area contributed by atoms with Gasteiger partial charge in [-0.3, -0.25) is 0 Å². The van der Waals surface area contributed by atoms with Crippen LogP contribution in [0, 0.1) is 5.92 Å². The number of hydrogen-bond donors (Lipinski definition) is 1. The van der Waals surface area contributed by atoms with Crippen molar-refractivity contribution in [3.63, 3.8) is 0 Å². The second-order valence-corrected chi connectivity index (χ2v) is 6.19. The van der Waals surface area contributed by atoms with E-state index in [2.05, 4.69) is 54.7 Å². The molecule has 0 bridgehead atoms. The highest BCUT2D eigenvalue weighted by Crippen LogP contribution is 2.26. The van der Waals surface area contributed by atoms with Gasteiger partial charge in [-0.2, -0.15) is 0 Å². The van der Waals surface area contributed by atoms with E-state index < -0.39 is 0 Å². The SMILES string of the molecule is CCC1CCC(NCc2ccc3ccccc3c2)CC1. The minimum absolute atomic E-state index is 0.726. The van der Waals surface area contributed by atoms with Crippen LogP contribution in [0.4, 0.5) is 0 Å². The number of rotatable bonds is 4. The van der Waals surface area contributed by atoms with E-state index in [0.717, 1.165) is 18.5 Å². The van der Waals surface area contributed by atoms with Crippen LogP contribution in [0.5, 0.6) is 0 Å². The Morgan fingerprint density at radius 1 is 0.950 bits per heavy atom. The lowest BCUT2D eigenvalue weighted by Crippen LogP contribution is -2.32. The zero-order chi connectivity index (χ0) is 13.8. The minimum atomic E-state index is 0.726. The van der Waals surface area contributed by atoms with E-state index in [1.54, 1.807) is 0 Å². The summed E-state index contributed by atoms with van der Waals surface area (Å²) in [6.45, 7) is 3.33. The zero-order valence-electron chi connectivity index (χ0n) is 12.4. The summed E-state index contributed by atoms with van der Waals surface area (Å²) >= 11 is 0. The van der Waals surface area contributed by atoms with E-state index >= 15 is 0 Å². The van der Waals surface area contributed by atoms with E-state index in [4.69, 9.17) is 0 Å². The first-order chi connectivity index (χ1) is 9.85. The molecule has 1 aliphatic rings. The molecule has 2 aromatic carbocycles. The fourth-order valence-corrected chi connectivity index (χ4v) is 3.39. The van der Waals surface area contributed by atoms with Crippen LogP contribution >= 0.6 is 0 Å². The molecule has 0 unspecified atom stereocenters. The third kappa shape index (κ3) is 3.21. The predicted octanol–water partition coefficient (Wildman–Crippen LogP) is 4.90. The Balaban J connectivity index is 1.57. The summed E-state index contributed by atoms with van der Waals surface area (Å²) in [5, 5.41) is 6.43. The molecule has 0 aliphatic heterocycles. The van der Waals surface area contributed by atoms with Gasteiger partial charge in [0.05, 0.1) is 0 Å². The maximum absolute atomic E-state index is 3.75. The third-order valence-electron chi connectivity index (χ3n) is 4.83. The molecule has 1 heteroatoms. The molecule has 0 atom stereocenters. The second-order valence-electron chi connectivity index (χ2n) is 6.19. The Morgan fingerprint density at radius 2 is 1.70 bits per heavy atom. The van der Waals surface area contributed by atoms with Crippen molar-refractivity contribution in [2.45, 2.75) is 51.6 Å². The van der Waals surface area contributed by atoms with E-state index in [-0.39, 0.29) is 0 Å². The van der Waals surface area contributed by atoms with Crippen LogP contribution in [-0.2, 0) is 6.54 Å². The average Bonchev–Trinajstić information content (AvgIpc) is 2.53. The van der Waals surface area contributed by atoms with Crippen LogP contribution in [0.15, 0.2) is 42.5 Å². The minimum Gasteiger partial charge on any atom is -0.310 e. The molecule has 20 heavy (non-hydrogen) atoms. The molecule has 1 fully saturated rings. The fourth-order valence-electron chi connectivity index (χ4n) is 3.39. The van der Waals surface area contributed by atoms with Gasteiger partial charge in [-0.05, 0) is 54.0 Å². The van der Waals surface area contributed by atoms with Crippen LogP contribution in [0.25, 0.3) is 10.8 Å². The molecular weight excluding hydrogens is 242 g/mol. The quantitative estimate of drug-likeness (QED) is 0.831. The van der Waals surface area contributed by atoms with Gasteiger partial charge in [0, 0.05) is 12.6 Å². The van der Waals surface area contributed by atoms with Crippen LogP contribution in [0.3, 0.4) is 0 Å². The first kappa shape index (κ1) is 13.6. The van der Waals surface area contributed by atoms with Crippen molar-refractivity contribution in [1.29, 1.82) is 0 Å². The Kier molecular flexibility index (Phi) is 4.37. The molecule has 0 spiro atoms. The van der Waals surface area contributed by atoms with Gasteiger partial charge in [0.25, 0.3) is 0 Å². The van der Waals surface area contributed by atoms with Crippen LogP contribution < -0.4 is 5.32 Å². The molecular formula is C19H25N. The van der Waals surface area contributed by atoms with Gasteiger partial charge in [-0.25, -0.2) is 0 Å². The van der Waals surface area contributed by atoms with E-state index in [9.17, 15) is 0 Å². The van der Waals surface area contributed by atoms with E-state index in [1.165, 1.54) is 48.4 Å². The Morgan fingerprint density at radius 3 is 2.45 bits per heavy atom. The second kappa shape index (κ2) is 6.41. The Labute approximate surface area is 122 Å². The maximum atomic E-state index is 3.75. The summed E-state index contributed by atoms with van der Waals surface area (Å²) in [7, 11) is 0. The standard InChI is InChI=1S/C19H25N/c1-2-15-8-11-19(12-9-15)20-14-16-7-10-17-5-3-4-6-18(17)13-16/h3-7,10,13,15,19-20H,2,8-9,11-12,14H2,1H3. The van der Waals surface area contributed by atoms with Crippen LogP contribution in [-0.4, -0.2) is 6.04 Å². The van der Waals surface area contributed by atoms with E-state index in [1.807, 2.05) is 0 Å². The largest absolute Gasteiger partial charge is 0.310 e. The fraction of sp³-hybridized carbons (Fsp3) is 0.474. The highest BCUT2D eigenvalue weighted by molar-refractivity contribution is 5.82. The van der Waals surface area contributed by atoms with Gasteiger partial charge in [0.2, 0.25) is 0 Å². The van der Waals surface area contributed by atoms with Gasteiger partial charge in [-0.1, -0.05) is 49.7 Å². The molecule has 0 heterocycles. The summed E-state index contributed by atoms with van der Waals surface area (Å²) < 4.78 is 0. The smallest absolute Gasteiger partial charge is 0.0208 e. The van der Waals surface area contributed by atoms with Crippen molar-refractivity contribution in [1.82, 2.24) is 5.32 Å². The van der Waals surface area contributed by atoms with Crippen molar-refractivity contribution in [3.05, 3.63) is 48.0 Å². The molecule has 1 aliphatic carbocycles. The van der Waals surface area contributed by atoms with Crippen LogP contribution in [0.1, 0.15) is 44.6 Å². The van der Waals surface area contributed by atoms with Crippen molar-refractivity contribution in [2.75, 3.05) is 0 Å². The Hall–Kier alpha value is -1.34. The molecule has 0 amide bonds. The molecule has 3 rings (SSSR count). The molecule has 0 radical (unpaired) electrons. The number of benzene rings is 2. The lowest BCUT2D eigenvalue weighted by Gasteiger charge is -2.28. The van der Waals surface area contributed by atoms with Crippen molar-refractivity contribution >= 4 is 10.8 Å². The topological polar surface area (TPSA) is 12.0 Å². The van der Waals surface area contributed by atoms with E-state index in [0.29, 0.717) is 0 Å². The number of nitrogens with one attached hydrogen (secondary N) is 1. The third-order valence-corrected chi connectivity index (χ3v) is 4.83. The molecule has 1 N–H and O–H groups in total. The highest BCUT2D eigenvalue weighted by Gasteiger charge is 2.19. The first-order valence-corrected chi connectivity index (χ1v) is 8.06. The molecule has 2 aromatic rings. The number of fused-ring (bicyclic) bond motifs is 1. The van der Waals surface area contributed by atoms with Crippen molar-refractivity contribution in [2.24, 2.45) is 5.92 Å². The first-order valence-electron chi connectivity index (χ1n) is 8.06.